The molecule has 0 atom stereocenters. The molecule has 2 aromatic rings. The van der Waals surface area contributed by atoms with Gasteiger partial charge >= 0.3 is 0 Å². The molecule has 0 unspecified atom stereocenters. The lowest BCUT2D eigenvalue weighted by Gasteiger charge is -2.04. The first-order valence-electron chi connectivity index (χ1n) is 4.56. The molecule has 0 spiro atoms. The molecule has 3 nitrogen and oxygen atoms in total. The first-order chi connectivity index (χ1) is 7.66. The third-order valence-corrected chi connectivity index (χ3v) is 2.31. The van der Waals surface area contributed by atoms with Crippen molar-refractivity contribution in [3.05, 3.63) is 53.1 Å². The van der Waals surface area contributed by atoms with E-state index in [-0.39, 0.29) is 10.9 Å². The monoisotopic (exact) mass is 238 g/mol. The van der Waals surface area contributed by atoms with Crippen molar-refractivity contribution >= 4 is 23.2 Å². The van der Waals surface area contributed by atoms with Crippen LogP contribution in [-0.2, 0) is 0 Å². The molecule has 1 heterocycles. The molecular weight excluding hydrogens is 231 g/mol. The predicted octanol–water partition coefficient (Wildman–Crippen LogP) is 3.06. The van der Waals surface area contributed by atoms with Crippen LogP contribution in [0.4, 0.5) is 10.1 Å². The molecule has 0 saturated heterocycles. The highest BCUT2D eigenvalue weighted by molar-refractivity contribution is 6.31. The average molecular weight is 239 g/mol. The second kappa shape index (κ2) is 4.37. The number of aromatic amines is 1. The summed E-state index contributed by atoms with van der Waals surface area (Å²) in [5, 5.41) is 2.57. The van der Waals surface area contributed by atoms with Crippen LogP contribution in [0.5, 0.6) is 0 Å². The van der Waals surface area contributed by atoms with E-state index in [0.29, 0.717) is 11.4 Å². The van der Waals surface area contributed by atoms with E-state index in [1.165, 1.54) is 18.2 Å². The quantitative estimate of drug-likeness (QED) is 0.830. The van der Waals surface area contributed by atoms with Crippen molar-refractivity contribution in [2.45, 2.75) is 0 Å². The number of aromatic nitrogens is 1. The lowest BCUT2D eigenvalue weighted by molar-refractivity contribution is 0.102. The van der Waals surface area contributed by atoms with Crippen molar-refractivity contribution < 1.29 is 9.18 Å². The zero-order valence-electron chi connectivity index (χ0n) is 8.13. The van der Waals surface area contributed by atoms with Gasteiger partial charge in [-0.2, -0.15) is 0 Å². The van der Waals surface area contributed by atoms with Crippen LogP contribution >= 0.6 is 11.6 Å². The molecule has 1 aromatic heterocycles. The molecule has 2 N–H and O–H groups in total. The molecule has 0 aliphatic rings. The van der Waals surface area contributed by atoms with Gasteiger partial charge in [-0.25, -0.2) is 4.39 Å². The highest BCUT2D eigenvalue weighted by Gasteiger charge is 2.07. The fourth-order valence-electron chi connectivity index (χ4n) is 1.24. The van der Waals surface area contributed by atoms with Crippen LogP contribution < -0.4 is 5.32 Å². The molecule has 2 rings (SSSR count). The number of carbonyl (C=O) groups is 1. The Morgan fingerprint density at radius 3 is 2.81 bits per heavy atom. The molecule has 0 aliphatic heterocycles. The number of amides is 1. The van der Waals surface area contributed by atoms with Gasteiger partial charge < -0.3 is 10.3 Å². The Kier molecular flexibility index (Phi) is 2.92. The normalized spacial score (nSPS) is 10.1. The largest absolute Gasteiger partial charge is 0.357 e. The van der Waals surface area contributed by atoms with Gasteiger partial charge in [0.25, 0.3) is 5.91 Å². The predicted molar refractivity (Wildman–Crippen MR) is 60.2 cm³/mol. The van der Waals surface area contributed by atoms with Gasteiger partial charge in [0.2, 0.25) is 0 Å². The minimum Gasteiger partial charge on any atom is -0.357 e. The molecule has 0 bridgehead atoms. The van der Waals surface area contributed by atoms with Gasteiger partial charge in [-0.05, 0) is 30.3 Å². The Balaban J connectivity index is 2.15. The number of rotatable bonds is 2. The van der Waals surface area contributed by atoms with Crippen LogP contribution in [-0.4, -0.2) is 10.9 Å². The van der Waals surface area contributed by atoms with E-state index in [4.69, 9.17) is 11.6 Å². The van der Waals surface area contributed by atoms with Gasteiger partial charge in [0, 0.05) is 11.9 Å². The first-order valence-corrected chi connectivity index (χ1v) is 4.94. The van der Waals surface area contributed by atoms with E-state index in [9.17, 15) is 9.18 Å². The van der Waals surface area contributed by atoms with E-state index >= 15 is 0 Å². The Bertz CT molecular complexity index is 511. The molecule has 0 fully saturated rings. The van der Waals surface area contributed by atoms with E-state index in [1.54, 1.807) is 18.3 Å². The summed E-state index contributed by atoms with van der Waals surface area (Å²) < 4.78 is 12.9. The fourth-order valence-corrected chi connectivity index (χ4v) is 1.42. The van der Waals surface area contributed by atoms with Gasteiger partial charge in [-0.15, -0.1) is 0 Å². The first kappa shape index (κ1) is 10.7. The highest BCUT2D eigenvalue weighted by atomic mass is 35.5. The number of H-pyrrole nitrogens is 1. The van der Waals surface area contributed by atoms with Crippen LogP contribution in [0.25, 0.3) is 0 Å². The molecule has 1 aromatic carbocycles. The Morgan fingerprint density at radius 1 is 1.38 bits per heavy atom. The number of benzene rings is 1. The van der Waals surface area contributed by atoms with Crippen molar-refractivity contribution in [2.75, 3.05) is 5.32 Å². The number of hydrogen-bond acceptors (Lipinski definition) is 1. The van der Waals surface area contributed by atoms with Crippen molar-refractivity contribution in [3.8, 4) is 0 Å². The molecule has 5 heteroatoms. The average Bonchev–Trinajstić information content (AvgIpc) is 2.77. The van der Waals surface area contributed by atoms with Gasteiger partial charge in [0.05, 0.1) is 5.02 Å². The van der Waals surface area contributed by atoms with Crippen LogP contribution in [0.3, 0.4) is 0 Å². The molecule has 0 saturated carbocycles. The molecule has 0 radical (unpaired) electrons. The standard InChI is InChI=1S/C11H8ClFN2O/c12-8-6-7(3-4-9(8)13)15-11(16)10-2-1-5-14-10/h1-6,14H,(H,15,16). The fraction of sp³-hybridized carbons (Fsp3) is 0. The number of nitrogens with one attached hydrogen (secondary N) is 2. The SMILES string of the molecule is O=C(Nc1ccc(F)c(Cl)c1)c1ccc[nH]1. The van der Waals surface area contributed by atoms with Crippen LogP contribution in [0.1, 0.15) is 10.5 Å². The maximum absolute atomic E-state index is 12.9. The second-order valence-electron chi connectivity index (χ2n) is 3.17. The third-order valence-electron chi connectivity index (χ3n) is 2.02. The number of halogens is 2. The van der Waals surface area contributed by atoms with E-state index < -0.39 is 5.82 Å². The maximum Gasteiger partial charge on any atom is 0.272 e. The molecule has 16 heavy (non-hydrogen) atoms. The number of anilines is 1. The Hall–Kier alpha value is -1.81. The minimum atomic E-state index is -0.514. The van der Waals surface area contributed by atoms with Gasteiger partial charge in [-0.3, -0.25) is 4.79 Å². The Morgan fingerprint density at radius 2 is 2.19 bits per heavy atom. The molecule has 82 valence electrons. The lowest BCUT2D eigenvalue weighted by Crippen LogP contribution is -2.12. The van der Waals surface area contributed by atoms with Crippen LogP contribution in [0.2, 0.25) is 5.02 Å². The summed E-state index contributed by atoms with van der Waals surface area (Å²) in [7, 11) is 0. The molecular formula is C11H8ClFN2O. The third kappa shape index (κ3) is 2.23. The molecule has 1 amide bonds. The topological polar surface area (TPSA) is 44.9 Å². The zero-order chi connectivity index (χ0) is 11.5. The second-order valence-corrected chi connectivity index (χ2v) is 3.57. The summed E-state index contributed by atoms with van der Waals surface area (Å²) in [5.41, 5.74) is 0.881. The van der Waals surface area contributed by atoms with Crippen LogP contribution in [0, 0.1) is 5.82 Å². The smallest absolute Gasteiger partial charge is 0.272 e. The van der Waals surface area contributed by atoms with E-state index in [1.807, 2.05) is 0 Å². The van der Waals surface area contributed by atoms with E-state index in [2.05, 4.69) is 10.3 Å². The summed E-state index contributed by atoms with van der Waals surface area (Å²) in [6.07, 6.45) is 1.65. The number of hydrogen-bond donors (Lipinski definition) is 2. The van der Waals surface area contributed by atoms with Crippen molar-refractivity contribution in [1.29, 1.82) is 0 Å². The minimum absolute atomic E-state index is 0.0238. The summed E-state index contributed by atoms with van der Waals surface area (Å²) in [5.74, 6) is -0.813. The highest BCUT2D eigenvalue weighted by Crippen LogP contribution is 2.19. The zero-order valence-corrected chi connectivity index (χ0v) is 8.88. The number of carbonyl (C=O) groups excluding carboxylic acids is 1. The van der Waals surface area contributed by atoms with Gasteiger partial charge in [-0.1, -0.05) is 11.6 Å². The molecule has 0 aliphatic carbocycles. The Labute approximate surface area is 96.2 Å². The van der Waals surface area contributed by atoms with Crippen LogP contribution in [0.15, 0.2) is 36.5 Å². The van der Waals surface area contributed by atoms with E-state index in [0.717, 1.165) is 0 Å². The lowest BCUT2D eigenvalue weighted by atomic mass is 10.3. The van der Waals surface area contributed by atoms with Gasteiger partial charge in [0.1, 0.15) is 11.5 Å². The summed E-state index contributed by atoms with van der Waals surface area (Å²) in [6.45, 7) is 0. The van der Waals surface area contributed by atoms with Gasteiger partial charge in [0.15, 0.2) is 0 Å². The summed E-state index contributed by atoms with van der Waals surface area (Å²) >= 11 is 5.59. The van der Waals surface area contributed by atoms with Crippen molar-refractivity contribution in [1.82, 2.24) is 4.98 Å². The summed E-state index contributed by atoms with van der Waals surface area (Å²) in [4.78, 5) is 14.4. The maximum atomic E-state index is 12.9. The van der Waals surface area contributed by atoms with Crippen molar-refractivity contribution in [2.24, 2.45) is 0 Å². The van der Waals surface area contributed by atoms with Crippen molar-refractivity contribution in [3.63, 3.8) is 0 Å². The summed E-state index contributed by atoms with van der Waals surface area (Å²) in [6, 6.07) is 7.36.